The summed E-state index contributed by atoms with van der Waals surface area (Å²) in [6.45, 7) is 0. The van der Waals surface area contributed by atoms with Crippen molar-refractivity contribution in [3.05, 3.63) is 59.3 Å². The molecular formula is C17H16F3N2. The molecular weight excluding hydrogens is 289 g/mol. The summed E-state index contributed by atoms with van der Waals surface area (Å²) in [4.78, 5) is 0. The smallest absolute Gasteiger partial charge is 0.266 e. The van der Waals surface area contributed by atoms with Gasteiger partial charge in [-0.2, -0.15) is 18.3 Å². The van der Waals surface area contributed by atoms with Crippen LogP contribution < -0.4 is 0 Å². The Morgan fingerprint density at radius 2 is 1.95 bits per heavy atom. The molecule has 5 heteroatoms. The fourth-order valence-corrected chi connectivity index (χ4v) is 3.19. The SMILES string of the molecule is FC(F)(F)c1cccc(C2C[C]2c2ccnn2C2CCC2)c1. The Balaban J connectivity index is 1.56. The number of halogens is 3. The van der Waals surface area contributed by atoms with E-state index in [-0.39, 0.29) is 5.92 Å². The Kier molecular flexibility index (Phi) is 3.06. The minimum absolute atomic E-state index is 0.109. The molecule has 2 aliphatic rings. The highest BCUT2D eigenvalue weighted by Crippen LogP contribution is 2.54. The van der Waals surface area contributed by atoms with E-state index < -0.39 is 11.7 Å². The number of hydrogen-bond acceptors (Lipinski definition) is 1. The van der Waals surface area contributed by atoms with Gasteiger partial charge >= 0.3 is 6.18 Å². The molecule has 0 spiro atoms. The Bertz CT molecular complexity index is 685. The van der Waals surface area contributed by atoms with Crippen LogP contribution in [0.15, 0.2) is 36.5 Å². The summed E-state index contributed by atoms with van der Waals surface area (Å²) in [6.07, 6.45) is 1.88. The van der Waals surface area contributed by atoms with E-state index in [1.807, 2.05) is 6.07 Å². The van der Waals surface area contributed by atoms with Crippen LogP contribution in [0.4, 0.5) is 13.2 Å². The monoisotopic (exact) mass is 305 g/mol. The highest BCUT2D eigenvalue weighted by molar-refractivity contribution is 5.47. The minimum Gasteiger partial charge on any atom is -0.266 e. The zero-order valence-electron chi connectivity index (χ0n) is 12.0. The number of aromatic nitrogens is 2. The highest BCUT2D eigenvalue weighted by atomic mass is 19.4. The molecule has 2 fully saturated rings. The Morgan fingerprint density at radius 1 is 1.14 bits per heavy atom. The summed E-state index contributed by atoms with van der Waals surface area (Å²) in [5.74, 6) is 1.32. The van der Waals surface area contributed by atoms with Crippen LogP contribution in [0, 0.1) is 5.92 Å². The standard InChI is InChI=1S/C17H16F3N2/c18-17(19,20)12-4-1-3-11(9-12)14-10-15(14)16-7-8-21-22(16)13-5-2-6-13/h1,3-4,7-9,13-14H,2,5-6,10H2. The Labute approximate surface area is 127 Å². The Morgan fingerprint density at radius 3 is 2.64 bits per heavy atom. The van der Waals surface area contributed by atoms with Crippen molar-refractivity contribution >= 4 is 0 Å². The van der Waals surface area contributed by atoms with Gasteiger partial charge in [-0.05, 0) is 49.3 Å². The van der Waals surface area contributed by atoms with Crippen molar-refractivity contribution < 1.29 is 13.2 Å². The van der Waals surface area contributed by atoms with E-state index in [1.54, 1.807) is 12.3 Å². The summed E-state index contributed by atoms with van der Waals surface area (Å²) in [7, 11) is 0. The van der Waals surface area contributed by atoms with Gasteiger partial charge in [0.05, 0.1) is 11.6 Å². The molecule has 2 aliphatic carbocycles. The van der Waals surface area contributed by atoms with Gasteiger partial charge in [0, 0.05) is 17.8 Å². The summed E-state index contributed by atoms with van der Waals surface area (Å²) >= 11 is 0. The van der Waals surface area contributed by atoms with Crippen LogP contribution in [0.5, 0.6) is 0 Å². The van der Waals surface area contributed by atoms with Crippen molar-refractivity contribution in [2.45, 2.75) is 43.8 Å². The minimum atomic E-state index is -4.28. The molecule has 0 aliphatic heterocycles. The Hall–Kier alpha value is -1.78. The molecule has 1 aromatic carbocycles. The summed E-state index contributed by atoms with van der Waals surface area (Å²) < 4.78 is 40.5. The average Bonchev–Trinajstić information content (AvgIpc) is 3.09. The molecule has 0 saturated heterocycles. The molecule has 0 N–H and O–H groups in total. The molecule has 0 amide bonds. The molecule has 22 heavy (non-hydrogen) atoms. The molecule has 4 rings (SSSR count). The van der Waals surface area contributed by atoms with E-state index in [2.05, 4.69) is 9.78 Å². The van der Waals surface area contributed by atoms with Gasteiger partial charge in [0.25, 0.3) is 0 Å². The van der Waals surface area contributed by atoms with Crippen LogP contribution in [-0.2, 0) is 6.18 Å². The fourth-order valence-electron chi connectivity index (χ4n) is 3.19. The largest absolute Gasteiger partial charge is 0.416 e. The topological polar surface area (TPSA) is 17.8 Å². The average molecular weight is 305 g/mol. The van der Waals surface area contributed by atoms with Crippen molar-refractivity contribution in [1.29, 1.82) is 0 Å². The van der Waals surface area contributed by atoms with E-state index >= 15 is 0 Å². The fraction of sp³-hybridized carbons (Fsp3) is 0.412. The molecule has 2 aromatic rings. The van der Waals surface area contributed by atoms with Gasteiger partial charge in [0.2, 0.25) is 0 Å². The third kappa shape index (κ3) is 2.32. The van der Waals surface area contributed by atoms with Crippen molar-refractivity contribution in [3.63, 3.8) is 0 Å². The first kappa shape index (κ1) is 13.9. The van der Waals surface area contributed by atoms with Crippen LogP contribution in [0.1, 0.15) is 54.5 Å². The number of hydrogen-bond donors (Lipinski definition) is 0. The van der Waals surface area contributed by atoms with Gasteiger partial charge in [-0.3, -0.25) is 4.68 Å². The lowest BCUT2D eigenvalue weighted by Crippen LogP contribution is -2.20. The number of rotatable bonds is 3. The zero-order chi connectivity index (χ0) is 15.3. The molecule has 1 unspecified atom stereocenters. The molecule has 1 atom stereocenters. The summed E-state index contributed by atoms with van der Waals surface area (Å²) in [6, 6.07) is 8.15. The quantitative estimate of drug-likeness (QED) is 0.801. The number of benzene rings is 1. The number of nitrogens with zero attached hydrogens (tertiary/aromatic N) is 2. The van der Waals surface area contributed by atoms with Gasteiger partial charge in [0.1, 0.15) is 0 Å². The van der Waals surface area contributed by atoms with Gasteiger partial charge < -0.3 is 0 Å². The third-order valence-electron chi connectivity index (χ3n) is 4.72. The first-order valence-corrected chi connectivity index (χ1v) is 7.61. The van der Waals surface area contributed by atoms with Gasteiger partial charge in [0.15, 0.2) is 0 Å². The summed E-state index contributed by atoms with van der Waals surface area (Å²) in [5.41, 5.74) is 1.29. The van der Waals surface area contributed by atoms with Crippen molar-refractivity contribution in [2.75, 3.05) is 0 Å². The van der Waals surface area contributed by atoms with E-state index in [1.165, 1.54) is 24.5 Å². The molecule has 1 radical (unpaired) electrons. The lowest BCUT2D eigenvalue weighted by atomic mass is 9.93. The normalized spacial score (nSPS) is 22.6. The molecule has 0 bridgehead atoms. The number of alkyl halides is 3. The lowest BCUT2D eigenvalue weighted by molar-refractivity contribution is -0.137. The summed E-state index contributed by atoms with van der Waals surface area (Å²) in [5, 5.41) is 4.40. The highest BCUT2D eigenvalue weighted by Gasteiger charge is 2.44. The van der Waals surface area contributed by atoms with E-state index in [0.717, 1.165) is 36.6 Å². The van der Waals surface area contributed by atoms with Crippen molar-refractivity contribution in [2.24, 2.45) is 0 Å². The maximum absolute atomic E-state index is 12.8. The van der Waals surface area contributed by atoms with Crippen LogP contribution >= 0.6 is 0 Å². The molecule has 1 heterocycles. The van der Waals surface area contributed by atoms with E-state index in [9.17, 15) is 13.2 Å². The van der Waals surface area contributed by atoms with Crippen LogP contribution in [0.2, 0.25) is 0 Å². The predicted octanol–water partition coefficient (Wildman–Crippen LogP) is 4.74. The second-order valence-corrected chi connectivity index (χ2v) is 6.15. The lowest BCUT2D eigenvalue weighted by Gasteiger charge is -2.27. The van der Waals surface area contributed by atoms with Crippen molar-refractivity contribution in [3.8, 4) is 0 Å². The van der Waals surface area contributed by atoms with Gasteiger partial charge in [-0.1, -0.05) is 18.2 Å². The maximum atomic E-state index is 12.8. The molecule has 1 aromatic heterocycles. The second kappa shape index (κ2) is 4.86. The van der Waals surface area contributed by atoms with Crippen LogP contribution in [-0.4, -0.2) is 9.78 Å². The van der Waals surface area contributed by atoms with Gasteiger partial charge in [-0.15, -0.1) is 0 Å². The molecule has 115 valence electrons. The third-order valence-corrected chi connectivity index (χ3v) is 4.72. The molecule has 2 nitrogen and oxygen atoms in total. The van der Waals surface area contributed by atoms with Crippen LogP contribution in [0.25, 0.3) is 0 Å². The maximum Gasteiger partial charge on any atom is 0.416 e. The van der Waals surface area contributed by atoms with E-state index in [0.29, 0.717) is 6.04 Å². The first-order chi connectivity index (χ1) is 10.5. The zero-order valence-corrected chi connectivity index (χ0v) is 12.0. The molecule has 2 saturated carbocycles. The predicted molar refractivity (Wildman–Crippen MR) is 76.3 cm³/mol. The van der Waals surface area contributed by atoms with Crippen LogP contribution in [0.3, 0.4) is 0 Å². The second-order valence-electron chi connectivity index (χ2n) is 6.15. The van der Waals surface area contributed by atoms with E-state index in [4.69, 9.17) is 0 Å². The first-order valence-electron chi connectivity index (χ1n) is 7.61. The van der Waals surface area contributed by atoms with Gasteiger partial charge in [-0.25, -0.2) is 0 Å². The van der Waals surface area contributed by atoms with Crippen molar-refractivity contribution in [1.82, 2.24) is 9.78 Å².